The van der Waals surface area contributed by atoms with Crippen LogP contribution in [0.3, 0.4) is 0 Å². The second-order valence-electron chi connectivity index (χ2n) is 5.93. The first-order valence-electron chi connectivity index (χ1n) is 7.13. The van der Waals surface area contributed by atoms with Gasteiger partial charge in [0.25, 0.3) is 5.91 Å². The molecule has 6 heteroatoms. The summed E-state index contributed by atoms with van der Waals surface area (Å²) >= 11 is 11.7. The lowest BCUT2D eigenvalue weighted by Crippen LogP contribution is -2.48. The van der Waals surface area contributed by atoms with Crippen molar-refractivity contribution in [2.24, 2.45) is 0 Å². The summed E-state index contributed by atoms with van der Waals surface area (Å²) in [5, 5.41) is 3.66. The van der Waals surface area contributed by atoms with Gasteiger partial charge in [-0.2, -0.15) is 0 Å². The van der Waals surface area contributed by atoms with Crippen LogP contribution in [0.4, 0.5) is 4.39 Å². The topological polar surface area (TPSA) is 32.3 Å². The molecule has 0 spiro atoms. The zero-order valence-corrected chi connectivity index (χ0v) is 13.2. The van der Waals surface area contributed by atoms with Crippen molar-refractivity contribution in [2.75, 3.05) is 7.05 Å². The highest BCUT2D eigenvalue weighted by atomic mass is 35.5. The van der Waals surface area contributed by atoms with Gasteiger partial charge < -0.3 is 10.2 Å². The zero-order chi connectivity index (χ0) is 15.1. The molecule has 114 valence electrons. The summed E-state index contributed by atoms with van der Waals surface area (Å²) in [5.74, 6) is -0.870. The Kier molecular flexibility index (Phi) is 4.12. The average molecular weight is 331 g/mol. The summed E-state index contributed by atoms with van der Waals surface area (Å²) in [6, 6.07) is 3.55. The normalized spacial score (nSPS) is 27.7. The fourth-order valence-corrected chi connectivity index (χ4v) is 3.85. The van der Waals surface area contributed by atoms with Gasteiger partial charge in [-0.3, -0.25) is 4.79 Å². The quantitative estimate of drug-likeness (QED) is 0.842. The Balaban J connectivity index is 1.80. The Bertz CT molecular complexity index is 569. The molecule has 0 aliphatic carbocycles. The van der Waals surface area contributed by atoms with Gasteiger partial charge in [-0.25, -0.2) is 4.39 Å². The van der Waals surface area contributed by atoms with Crippen LogP contribution in [0.5, 0.6) is 0 Å². The van der Waals surface area contributed by atoms with Crippen LogP contribution in [0.25, 0.3) is 0 Å². The van der Waals surface area contributed by atoms with E-state index in [2.05, 4.69) is 5.32 Å². The Morgan fingerprint density at radius 3 is 2.48 bits per heavy atom. The van der Waals surface area contributed by atoms with Crippen LogP contribution < -0.4 is 5.32 Å². The van der Waals surface area contributed by atoms with Crippen molar-refractivity contribution in [3.63, 3.8) is 0 Å². The van der Waals surface area contributed by atoms with E-state index in [0.717, 1.165) is 18.9 Å². The third kappa shape index (κ3) is 2.89. The lowest BCUT2D eigenvalue weighted by atomic mass is 9.98. The predicted octanol–water partition coefficient (Wildman–Crippen LogP) is 3.49. The third-order valence-corrected chi connectivity index (χ3v) is 5.16. The van der Waals surface area contributed by atoms with E-state index in [1.165, 1.54) is 18.9 Å². The number of carbonyl (C=O) groups is 1. The largest absolute Gasteiger partial charge is 0.339 e. The van der Waals surface area contributed by atoms with E-state index in [4.69, 9.17) is 23.2 Å². The number of carbonyl (C=O) groups excluding carboxylic acids is 1. The summed E-state index contributed by atoms with van der Waals surface area (Å²) in [4.78, 5) is 14.3. The second-order valence-corrected chi connectivity index (χ2v) is 6.74. The van der Waals surface area contributed by atoms with Crippen molar-refractivity contribution in [1.82, 2.24) is 10.2 Å². The molecule has 1 aromatic rings. The minimum Gasteiger partial charge on any atom is -0.339 e. The maximum atomic E-state index is 13.6. The fourth-order valence-electron chi connectivity index (χ4n) is 3.39. The molecule has 1 amide bonds. The molecule has 1 N–H and O–H groups in total. The summed E-state index contributed by atoms with van der Waals surface area (Å²) in [7, 11) is 1.76. The van der Waals surface area contributed by atoms with E-state index in [0.29, 0.717) is 12.1 Å². The van der Waals surface area contributed by atoms with Crippen molar-refractivity contribution in [2.45, 2.75) is 43.8 Å². The van der Waals surface area contributed by atoms with Gasteiger partial charge >= 0.3 is 0 Å². The number of hydrogen-bond acceptors (Lipinski definition) is 2. The van der Waals surface area contributed by atoms with E-state index in [1.807, 2.05) is 0 Å². The lowest BCUT2D eigenvalue weighted by molar-refractivity contribution is 0.0681. The van der Waals surface area contributed by atoms with Crippen LogP contribution in [-0.4, -0.2) is 36.0 Å². The zero-order valence-electron chi connectivity index (χ0n) is 11.7. The standard InChI is InChI=1S/C15H17Cl2FN2O/c1-20(10-4-8-2-3-9(5-10)19-8)15(21)11-6-14(18)13(17)7-12(11)16/h6-10,19H,2-5H2,1H3. The number of piperidine rings is 1. The number of nitrogens with zero attached hydrogens (tertiary/aromatic N) is 1. The number of hydrogen-bond donors (Lipinski definition) is 1. The van der Waals surface area contributed by atoms with Gasteiger partial charge in [0, 0.05) is 25.2 Å². The number of benzene rings is 1. The maximum absolute atomic E-state index is 13.6. The van der Waals surface area contributed by atoms with Crippen molar-refractivity contribution < 1.29 is 9.18 Å². The van der Waals surface area contributed by atoms with Crippen LogP contribution in [0.1, 0.15) is 36.0 Å². The van der Waals surface area contributed by atoms with E-state index >= 15 is 0 Å². The molecule has 3 nitrogen and oxygen atoms in total. The van der Waals surface area contributed by atoms with Gasteiger partial charge in [-0.05, 0) is 37.8 Å². The van der Waals surface area contributed by atoms with Gasteiger partial charge in [0.2, 0.25) is 0 Å². The summed E-state index contributed by atoms with van der Waals surface area (Å²) in [6.45, 7) is 0. The minimum absolute atomic E-state index is 0.0703. The van der Waals surface area contributed by atoms with E-state index in [1.54, 1.807) is 11.9 Å². The van der Waals surface area contributed by atoms with E-state index in [-0.39, 0.29) is 27.6 Å². The average Bonchev–Trinajstić information content (AvgIpc) is 2.79. The molecular weight excluding hydrogens is 314 g/mol. The molecule has 2 aliphatic heterocycles. The summed E-state index contributed by atoms with van der Waals surface area (Å²) < 4.78 is 13.6. The maximum Gasteiger partial charge on any atom is 0.255 e. The molecule has 2 bridgehead atoms. The molecule has 2 aliphatic rings. The van der Waals surface area contributed by atoms with Gasteiger partial charge in [0.1, 0.15) is 5.82 Å². The Hall–Kier alpha value is -0.840. The first-order chi connectivity index (χ1) is 9.95. The molecule has 3 rings (SSSR count). The smallest absolute Gasteiger partial charge is 0.255 e. The van der Waals surface area contributed by atoms with E-state index in [9.17, 15) is 9.18 Å². The van der Waals surface area contributed by atoms with Crippen molar-refractivity contribution >= 4 is 29.1 Å². The monoisotopic (exact) mass is 330 g/mol. The molecule has 2 unspecified atom stereocenters. The van der Waals surface area contributed by atoms with Crippen molar-refractivity contribution in [3.05, 3.63) is 33.6 Å². The first-order valence-corrected chi connectivity index (χ1v) is 7.89. The molecule has 2 heterocycles. The molecular formula is C15H17Cl2FN2O. The molecule has 2 fully saturated rings. The molecule has 0 saturated carbocycles. The van der Waals surface area contributed by atoms with Crippen molar-refractivity contribution in [3.8, 4) is 0 Å². The van der Waals surface area contributed by atoms with Gasteiger partial charge in [-0.1, -0.05) is 23.2 Å². The molecule has 2 atom stereocenters. The fraction of sp³-hybridized carbons (Fsp3) is 0.533. The highest BCUT2D eigenvalue weighted by molar-refractivity contribution is 6.36. The van der Waals surface area contributed by atoms with Crippen LogP contribution in [0, 0.1) is 5.82 Å². The van der Waals surface area contributed by atoms with Crippen LogP contribution >= 0.6 is 23.2 Å². The second kappa shape index (κ2) is 5.75. The lowest BCUT2D eigenvalue weighted by Gasteiger charge is -2.35. The number of halogens is 3. The number of rotatable bonds is 2. The van der Waals surface area contributed by atoms with Gasteiger partial charge in [0.05, 0.1) is 15.6 Å². The first kappa shape index (κ1) is 15.1. The number of amides is 1. The Labute approximate surface area is 133 Å². The predicted molar refractivity (Wildman–Crippen MR) is 81.5 cm³/mol. The van der Waals surface area contributed by atoms with Gasteiger partial charge in [-0.15, -0.1) is 0 Å². The minimum atomic E-state index is -0.622. The third-order valence-electron chi connectivity index (χ3n) is 4.56. The van der Waals surface area contributed by atoms with Crippen LogP contribution in [-0.2, 0) is 0 Å². The Morgan fingerprint density at radius 1 is 1.24 bits per heavy atom. The molecule has 21 heavy (non-hydrogen) atoms. The molecule has 0 radical (unpaired) electrons. The highest BCUT2D eigenvalue weighted by Gasteiger charge is 2.36. The van der Waals surface area contributed by atoms with Crippen molar-refractivity contribution in [1.29, 1.82) is 0 Å². The molecule has 0 aromatic heterocycles. The molecule has 1 aromatic carbocycles. The molecule has 2 saturated heterocycles. The Morgan fingerprint density at radius 2 is 1.86 bits per heavy atom. The summed E-state index contributed by atoms with van der Waals surface area (Å²) in [6.07, 6.45) is 4.21. The van der Waals surface area contributed by atoms with E-state index < -0.39 is 5.82 Å². The number of fused-ring (bicyclic) bond motifs is 2. The number of nitrogens with one attached hydrogen (secondary N) is 1. The SMILES string of the molecule is CN(C(=O)c1cc(F)c(Cl)cc1Cl)C1CC2CCC(C1)N2. The van der Waals surface area contributed by atoms with Gasteiger partial charge in [0.15, 0.2) is 0 Å². The van der Waals surface area contributed by atoms with Crippen LogP contribution in [0.2, 0.25) is 10.0 Å². The van der Waals surface area contributed by atoms with Crippen LogP contribution in [0.15, 0.2) is 12.1 Å². The highest BCUT2D eigenvalue weighted by Crippen LogP contribution is 2.31. The summed E-state index contributed by atoms with van der Waals surface area (Å²) in [5.41, 5.74) is 0.173.